The Bertz CT molecular complexity index is 557. The van der Waals surface area contributed by atoms with E-state index in [0.717, 1.165) is 18.5 Å². The Morgan fingerprint density at radius 1 is 1.48 bits per heavy atom. The van der Waals surface area contributed by atoms with Gasteiger partial charge >= 0.3 is 0 Å². The van der Waals surface area contributed by atoms with Gasteiger partial charge in [0.25, 0.3) is 5.91 Å². The first kappa shape index (κ1) is 16.0. The minimum Gasteiger partial charge on any atom is -0.278 e. The van der Waals surface area contributed by atoms with Crippen molar-refractivity contribution in [3.63, 3.8) is 0 Å². The molecular formula is C16H21ClN2O2. The minimum atomic E-state index is -0.259. The number of hydrogen-bond donors (Lipinski definition) is 0. The number of imide groups is 1. The number of carbonyl (C=O) groups excluding carboxylic acids is 2. The number of pyridine rings is 1. The third kappa shape index (κ3) is 3.62. The van der Waals surface area contributed by atoms with Crippen molar-refractivity contribution in [2.45, 2.75) is 46.0 Å². The second kappa shape index (κ2) is 6.56. The fraction of sp³-hybridized carbons (Fsp3) is 0.562. The van der Waals surface area contributed by atoms with Gasteiger partial charge in [-0.25, -0.2) is 4.98 Å². The lowest BCUT2D eigenvalue weighted by atomic mass is 10.0. The molecule has 1 aromatic rings. The second-order valence-corrected chi connectivity index (χ2v) is 6.31. The maximum Gasteiger partial charge on any atom is 0.260 e. The Balaban J connectivity index is 2.22. The largest absolute Gasteiger partial charge is 0.278 e. The first-order valence-electron chi connectivity index (χ1n) is 7.44. The third-order valence-corrected chi connectivity index (χ3v) is 3.99. The van der Waals surface area contributed by atoms with Gasteiger partial charge in [-0.15, -0.1) is 0 Å². The van der Waals surface area contributed by atoms with Crippen LogP contribution in [0, 0.1) is 5.92 Å². The number of hydrogen-bond acceptors (Lipinski definition) is 3. The van der Waals surface area contributed by atoms with Gasteiger partial charge in [0.05, 0.1) is 0 Å². The highest BCUT2D eigenvalue weighted by Crippen LogP contribution is 2.25. The summed E-state index contributed by atoms with van der Waals surface area (Å²) in [6.45, 7) is 6.59. The van der Waals surface area contributed by atoms with Gasteiger partial charge in [0, 0.05) is 24.2 Å². The number of amides is 2. The van der Waals surface area contributed by atoms with Gasteiger partial charge in [0.1, 0.15) is 5.15 Å². The average molecular weight is 309 g/mol. The van der Waals surface area contributed by atoms with E-state index in [0.29, 0.717) is 23.7 Å². The minimum absolute atomic E-state index is 0.0857. The van der Waals surface area contributed by atoms with E-state index in [-0.39, 0.29) is 23.7 Å². The van der Waals surface area contributed by atoms with Gasteiger partial charge < -0.3 is 0 Å². The monoisotopic (exact) mass is 308 g/mol. The quantitative estimate of drug-likeness (QED) is 0.630. The Kier molecular flexibility index (Phi) is 4.99. The van der Waals surface area contributed by atoms with Gasteiger partial charge in [-0.2, -0.15) is 0 Å². The summed E-state index contributed by atoms with van der Waals surface area (Å²) < 4.78 is 0. The molecule has 1 aliphatic rings. The molecular weight excluding hydrogens is 288 g/mol. The number of likely N-dealkylation sites (tertiary alicyclic amines) is 1. The highest BCUT2D eigenvalue weighted by molar-refractivity contribution is 6.29. The lowest BCUT2D eigenvalue weighted by Gasteiger charge is -2.16. The number of carbonyl (C=O) groups is 2. The Labute approximate surface area is 130 Å². The normalized spacial score (nSPS) is 18.6. The third-order valence-electron chi connectivity index (χ3n) is 3.80. The standard InChI is InChI=1S/C16H21ClN2O2/c1-4-5-11-6-15(20)19(9-11)16(21)12-7-13(10(2)3)18-14(17)8-12/h7-8,10-11H,4-6,9H2,1-3H3. The van der Waals surface area contributed by atoms with E-state index in [2.05, 4.69) is 11.9 Å². The molecule has 0 N–H and O–H groups in total. The molecule has 1 aromatic heterocycles. The number of halogens is 1. The molecule has 0 spiro atoms. The van der Waals surface area contributed by atoms with E-state index in [9.17, 15) is 9.59 Å². The van der Waals surface area contributed by atoms with Crippen LogP contribution in [0.1, 0.15) is 62.0 Å². The van der Waals surface area contributed by atoms with Crippen molar-refractivity contribution in [1.29, 1.82) is 0 Å². The average Bonchev–Trinajstić information content (AvgIpc) is 2.78. The first-order chi connectivity index (χ1) is 9.92. The molecule has 2 rings (SSSR count). The fourth-order valence-electron chi connectivity index (χ4n) is 2.67. The predicted octanol–water partition coefficient (Wildman–Crippen LogP) is 3.65. The van der Waals surface area contributed by atoms with Crippen molar-refractivity contribution >= 4 is 23.4 Å². The molecule has 21 heavy (non-hydrogen) atoms. The van der Waals surface area contributed by atoms with Crippen molar-refractivity contribution in [2.75, 3.05) is 6.54 Å². The summed E-state index contributed by atoms with van der Waals surface area (Å²) in [5, 5.41) is 0.293. The molecule has 2 amide bonds. The predicted molar refractivity (Wildman–Crippen MR) is 82.4 cm³/mol. The summed E-state index contributed by atoms with van der Waals surface area (Å²) >= 11 is 5.99. The van der Waals surface area contributed by atoms with Crippen molar-refractivity contribution in [2.24, 2.45) is 5.92 Å². The fourth-order valence-corrected chi connectivity index (χ4v) is 2.89. The highest BCUT2D eigenvalue weighted by atomic mass is 35.5. The molecule has 1 atom stereocenters. The summed E-state index contributed by atoms with van der Waals surface area (Å²) in [6, 6.07) is 3.27. The van der Waals surface area contributed by atoms with E-state index < -0.39 is 0 Å². The van der Waals surface area contributed by atoms with Crippen LogP contribution < -0.4 is 0 Å². The van der Waals surface area contributed by atoms with Crippen LogP contribution in [0.4, 0.5) is 0 Å². The zero-order chi connectivity index (χ0) is 15.6. The zero-order valence-electron chi connectivity index (χ0n) is 12.7. The van der Waals surface area contributed by atoms with Crippen LogP contribution in [0.3, 0.4) is 0 Å². The molecule has 0 aliphatic carbocycles. The number of nitrogens with zero attached hydrogens (tertiary/aromatic N) is 2. The van der Waals surface area contributed by atoms with E-state index in [1.807, 2.05) is 13.8 Å². The molecule has 114 valence electrons. The summed E-state index contributed by atoms with van der Waals surface area (Å²) in [5.41, 5.74) is 1.21. The number of rotatable bonds is 4. The molecule has 1 unspecified atom stereocenters. The summed E-state index contributed by atoms with van der Waals surface area (Å²) in [7, 11) is 0. The topological polar surface area (TPSA) is 50.3 Å². The Morgan fingerprint density at radius 2 is 2.19 bits per heavy atom. The second-order valence-electron chi connectivity index (χ2n) is 5.93. The van der Waals surface area contributed by atoms with Crippen LogP contribution in [-0.2, 0) is 4.79 Å². The molecule has 0 saturated carbocycles. The maximum absolute atomic E-state index is 12.6. The van der Waals surface area contributed by atoms with E-state index in [1.165, 1.54) is 11.0 Å². The molecule has 1 aliphatic heterocycles. The van der Waals surface area contributed by atoms with Crippen molar-refractivity contribution in [3.05, 3.63) is 28.5 Å². The van der Waals surface area contributed by atoms with Gasteiger partial charge in [0.2, 0.25) is 5.91 Å². The van der Waals surface area contributed by atoms with Gasteiger partial charge in [-0.05, 0) is 30.4 Å². The molecule has 0 aromatic carbocycles. The Hall–Kier alpha value is -1.42. The number of aromatic nitrogens is 1. The van der Waals surface area contributed by atoms with Crippen molar-refractivity contribution in [3.8, 4) is 0 Å². The molecule has 5 heteroatoms. The summed E-state index contributed by atoms with van der Waals surface area (Å²) in [4.78, 5) is 30.2. The van der Waals surface area contributed by atoms with Crippen molar-refractivity contribution < 1.29 is 9.59 Å². The molecule has 0 bridgehead atoms. The summed E-state index contributed by atoms with van der Waals surface area (Å²) in [5.74, 6) is 0.119. The molecule has 1 fully saturated rings. The summed E-state index contributed by atoms with van der Waals surface area (Å²) in [6.07, 6.45) is 2.47. The van der Waals surface area contributed by atoms with Gasteiger partial charge in [-0.3, -0.25) is 14.5 Å². The maximum atomic E-state index is 12.6. The van der Waals surface area contributed by atoms with Crippen LogP contribution in [0.15, 0.2) is 12.1 Å². The first-order valence-corrected chi connectivity index (χ1v) is 7.82. The van der Waals surface area contributed by atoms with Crippen LogP contribution in [0.25, 0.3) is 0 Å². The van der Waals surface area contributed by atoms with E-state index >= 15 is 0 Å². The van der Waals surface area contributed by atoms with Crippen LogP contribution in [-0.4, -0.2) is 28.2 Å². The SMILES string of the molecule is CCCC1CC(=O)N(C(=O)c2cc(Cl)nc(C(C)C)c2)C1. The molecule has 2 heterocycles. The molecule has 4 nitrogen and oxygen atoms in total. The van der Waals surface area contributed by atoms with E-state index in [1.54, 1.807) is 6.07 Å². The van der Waals surface area contributed by atoms with Gasteiger partial charge in [0.15, 0.2) is 0 Å². The van der Waals surface area contributed by atoms with Crippen molar-refractivity contribution in [1.82, 2.24) is 9.88 Å². The van der Waals surface area contributed by atoms with Crippen LogP contribution >= 0.6 is 11.6 Å². The lowest BCUT2D eigenvalue weighted by Crippen LogP contribution is -2.32. The lowest BCUT2D eigenvalue weighted by molar-refractivity contribution is -0.125. The molecule has 1 saturated heterocycles. The van der Waals surface area contributed by atoms with E-state index in [4.69, 9.17) is 11.6 Å². The van der Waals surface area contributed by atoms with Crippen LogP contribution in [0.5, 0.6) is 0 Å². The zero-order valence-corrected chi connectivity index (χ0v) is 13.5. The van der Waals surface area contributed by atoms with Gasteiger partial charge in [-0.1, -0.05) is 38.8 Å². The Morgan fingerprint density at radius 3 is 2.81 bits per heavy atom. The molecule has 0 radical (unpaired) electrons. The smallest absolute Gasteiger partial charge is 0.260 e. The van der Waals surface area contributed by atoms with Crippen LogP contribution in [0.2, 0.25) is 5.15 Å². The highest BCUT2D eigenvalue weighted by Gasteiger charge is 2.34.